The minimum absolute atomic E-state index is 0.596. The van der Waals surface area contributed by atoms with Crippen LogP contribution in [0.4, 0.5) is 5.69 Å². The van der Waals surface area contributed by atoms with Gasteiger partial charge in [-0.15, -0.1) is 0 Å². The average Bonchev–Trinajstić information content (AvgIpc) is 2.50. The van der Waals surface area contributed by atoms with Gasteiger partial charge in [-0.1, -0.05) is 17.7 Å². The third kappa shape index (κ3) is 4.24. The minimum Gasteiger partial charge on any atom is -0.493 e. The van der Waals surface area contributed by atoms with Crippen LogP contribution in [0.1, 0.15) is 18.1 Å². The molecule has 0 saturated carbocycles. The average molecular weight is 284 g/mol. The van der Waals surface area contributed by atoms with Gasteiger partial charge in [-0.2, -0.15) is 5.10 Å². The zero-order chi connectivity index (χ0) is 15.1. The van der Waals surface area contributed by atoms with Crippen molar-refractivity contribution in [3.63, 3.8) is 0 Å². The number of hydrogen-bond donors (Lipinski definition) is 1. The van der Waals surface area contributed by atoms with E-state index in [4.69, 9.17) is 9.47 Å². The first-order chi connectivity index (χ1) is 10.2. The Labute approximate surface area is 125 Å². The SMILES string of the molecule is CCOc1cc(/C=N\Nc2ccc(C)cc2)ccc1OC. The molecule has 0 aliphatic rings. The number of methoxy groups -OCH3 is 1. The summed E-state index contributed by atoms with van der Waals surface area (Å²) in [4.78, 5) is 0. The summed E-state index contributed by atoms with van der Waals surface area (Å²) >= 11 is 0. The Morgan fingerprint density at radius 3 is 2.52 bits per heavy atom. The van der Waals surface area contributed by atoms with Crippen molar-refractivity contribution in [1.29, 1.82) is 0 Å². The van der Waals surface area contributed by atoms with Gasteiger partial charge in [0.25, 0.3) is 0 Å². The van der Waals surface area contributed by atoms with Crippen molar-refractivity contribution in [2.24, 2.45) is 5.10 Å². The Kier molecular flexibility index (Phi) is 5.21. The molecule has 0 radical (unpaired) electrons. The van der Waals surface area contributed by atoms with Crippen molar-refractivity contribution in [2.75, 3.05) is 19.1 Å². The van der Waals surface area contributed by atoms with Gasteiger partial charge in [0.15, 0.2) is 11.5 Å². The number of anilines is 1. The van der Waals surface area contributed by atoms with Crippen LogP contribution in [0.25, 0.3) is 0 Å². The maximum atomic E-state index is 5.54. The van der Waals surface area contributed by atoms with E-state index in [1.54, 1.807) is 13.3 Å². The predicted molar refractivity (Wildman–Crippen MR) is 86.6 cm³/mol. The molecular weight excluding hydrogens is 264 g/mol. The molecular formula is C17H20N2O2. The maximum absolute atomic E-state index is 5.54. The fourth-order valence-electron chi connectivity index (χ4n) is 1.85. The summed E-state index contributed by atoms with van der Waals surface area (Å²) in [6.07, 6.45) is 1.75. The molecule has 2 rings (SSSR count). The van der Waals surface area contributed by atoms with Gasteiger partial charge in [-0.05, 0) is 49.7 Å². The largest absolute Gasteiger partial charge is 0.493 e. The first kappa shape index (κ1) is 14.9. The molecule has 0 saturated heterocycles. The number of nitrogens with one attached hydrogen (secondary N) is 1. The summed E-state index contributed by atoms with van der Waals surface area (Å²) in [6, 6.07) is 13.8. The van der Waals surface area contributed by atoms with Crippen LogP contribution >= 0.6 is 0 Å². The molecule has 21 heavy (non-hydrogen) atoms. The number of aryl methyl sites for hydroxylation is 1. The number of nitrogens with zero attached hydrogens (tertiary/aromatic N) is 1. The number of ether oxygens (including phenoxy) is 2. The second-order valence-electron chi connectivity index (χ2n) is 4.58. The summed E-state index contributed by atoms with van der Waals surface area (Å²) in [5, 5.41) is 4.23. The number of benzene rings is 2. The second-order valence-corrected chi connectivity index (χ2v) is 4.58. The highest BCUT2D eigenvalue weighted by Crippen LogP contribution is 2.27. The number of hydrazone groups is 1. The van der Waals surface area contributed by atoms with E-state index < -0.39 is 0 Å². The lowest BCUT2D eigenvalue weighted by Crippen LogP contribution is -1.97. The molecule has 0 bridgehead atoms. The molecule has 2 aromatic rings. The first-order valence-corrected chi connectivity index (χ1v) is 6.89. The molecule has 0 aromatic heterocycles. The lowest BCUT2D eigenvalue weighted by atomic mass is 10.2. The lowest BCUT2D eigenvalue weighted by Gasteiger charge is -2.09. The summed E-state index contributed by atoms with van der Waals surface area (Å²) in [5.41, 5.74) is 6.12. The Bertz CT molecular complexity index is 607. The van der Waals surface area contributed by atoms with Crippen LogP contribution in [-0.4, -0.2) is 19.9 Å². The number of hydrogen-bond acceptors (Lipinski definition) is 4. The van der Waals surface area contributed by atoms with Gasteiger partial charge in [-0.25, -0.2) is 0 Å². The molecule has 0 aliphatic heterocycles. The zero-order valence-corrected chi connectivity index (χ0v) is 12.6. The van der Waals surface area contributed by atoms with Crippen LogP contribution in [-0.2, 0) is 0 Å². The third-order valence-electron chi connectivity index (χ3n) is 2.95. The highest BCUT2D eigenvalue weighted by Gasteiger charge is 2.03. The van der Waals surface area contributed by atoms with Crippen LogP contribution in [0.3, 0.4) is 0 Å². The van der Waals surface area contributed by atoms with Crippen molar-refractivity contribution in [3.8, 4) is 11.5 Å². The van der Waals surface area contributed by atoms with Crippen molar-refractivity contribution >= 4 is 11.9 Å². The van der Waals surface area contributed by atoms with Crippen LogP contribution in [0.2, 0.25) is 0 Å². The van der Waals surface area contributed by atoms with Crippen molar-refractivity contribution in [2.45, 2.75) is 13.8 Å². The smallest absolute Gasteiger partial charge is 0.161 e. The molecule has 0 fully saturated rings. The van der Waals surface area contributed by atoms with Crippen LogP contribution in [0, 0.1) is 6.92 Å². The molecule has 4 heteroatoms. The molecule has 4 nitrogen and oxygen atoms in total. The van der Waals surface area contributed by atoms with E-state index >= 15 is 0 Å². The van der Waals surface area contributed by atoms with Crippen LogP contribution < -0.4 is 14.9 Å². The lowest BCUT2D eigenvalue weighted by molar-refractivity contribution is 0.311. The highest BCUT2D eigenvalue weighted by atomic mass is 16.5. The molecule has 0 unspecified atom stereocenters. The molecule has 1 N–H and O–H groups in total. The van der Waals surface area contributed by atoms with E-state index in [-0.39, 0.29) is 0 Å². The standard InChI is InChI=1S/C17H20N2O2/c1-4-21-17-11-14(7-10-16(17)20-3)12-18-19-15-8-5-13(2)6-9-15/h5-12,19H,4H2,1-3H3/b18-12-. The fourth-order valence-corrected chi connectivity index (χ4v) is 1.85. The highest BCUT2D eigenvalue weighted by molar-refractivity contribution is 5.81. The Balaban J connectivity index is 2.06. The maximum Gasteiger partial charge on any atom is 0.161 e. The van der Waals surface area contributed by atoms with E-state index in [2.05, 4.69) is 17.5 Å². The van der Waals surface area contributed by atoms with Gasteiger partial charge in [0.05, 0.1) is 25.6 Å². The molecule has 0 spiro atoms. The Hall–Kier alpha value is -2.49. The topological polar surface area (TPSA) is 42.8 Å². The van der Waals surface area contributed by atoms with Gasteiger partial charge in [0, 0.05) is 0 Å². The quantitative estimate of drug-likeness (QED) is 0.647. The van der Waals surface area contributed by atoms with Gasteiger partial charge in [0.2, 0.25) is 0 Å². The van der Waals surface area contributed by atoms with E-state index in [1.807, 2.05) is 49.4 Å². The van der Waals surface area contributed by atoms with E-state index in [0.717, 1.165) is 22.7 Å². The first-order valence-electron chi connectivity index (χ1n) is 6.89. The molecule has 110 valence electrons. The Morgan fingerprint density at radius 2 is 1.86 bits per heavy atom. The van der Waals surface area contributed by atoms with E-state index in [1.165, 1.54) is 5.56 Å². The number of rotatable bonds is 6. The van der Waals surface area contributed by atoms with E-state index in [0.29, 0.717) is 6.61 Å². The molecule has 0 aliphatic carbocycles. The van der Waals surface area contributed by atoms with Crippen LogP contribution in [0.5, 0.6) is 11.5 Å². The van der Waals surface area contributed by atoms with Gasteiger partial charge >= 0.3 is 0 Å². The summed E-state index contributed by atoms with van der Waals surface area (Å²) in [6.45, 7) is 4.59. The van der Waals surface area contributed by atoms with Crippen molar-refractivity contribution in [3.05, 3.63) is 53.6 Å². The zero-order valence-electron chi connectivity index (χ0n) is 12.6. The monoisotopic (exact) mass is 284 g/mol. The van der Waals surface area contributed by atoms with E-state index in [9.17, 15) is 0 Å². The van der Waals surface area contributed by atoms with Crippen molar-refractivity contribution < 1.29 is 9.47 Å². The molecule has 0 amide bonds. The third-order valence-corrected chi connectivity index (χ3v) is 2.95. The molecule has 0 heterocycles. The van der Waals surface area contributed by atoms with Gasteiger partial charge in [-0.3, -0.25) is 5.43 Å². The Morgan fingerprint density at radius 1 is 1.10 bits per heavy atom. The molecule has 2 aromatic carbocycles. The summed E-state index contributed by atoms with van der Waals surface area (Å²) in [5.74, 6) is 1.44. The van der Waals surface area contributed by atoms with Gasteiger partial charge in [0.1, 0.15) is 0 Å². The second kappa shape index (κ2) is 7.33. The minimum atomic E-state index is 0.596. The predicted octanol–water partition coefficient (Wildman–Crippen LogP) is 3.85. The van der Waals surface area contributed by atoms with Gasteiger partial charge < -0.3 is 9.47 Å². The molecule has 0 atom stereocenters. The summed E-state index contributed by atoms with van der Waals surface area (Å²) in [7, 11) is 1.63. The van der Waals surface area contributed by atoms with Crippen molar-refractivity contribution in [1.82, 2.24) is 0 Å². The summed E-state index contributed by atoms with van der Waals surface area (Å²) < 4.78 is 10.8. The van der Waals surface area contributed by atoms with Crippen LogP contribution in [0.15, 0.2) is 47.6 Å². The fraction of sp³-hybridized carbons (Fsp3) is 0.235. The normalized spacial score (nSPS) is 10.6.